The minimum absolute atomic E-state index is 0.307. The van der Waals surface area contributed by atoms with Gasteiger partial charge in [0.1, 0.15) is 5.54 Å². The summed E-state index contributed by atoms with van der Waals surface area (Å²) in [5.74, 6) is 0.515. The van der Waals surface area contributed by atoms with E-state index in [-0.39, 0.29) is 0 Å². The first-order chi connectivity index (χ1) is 9.59. The molecule has 20 heavy (non-hydrogen) atoms. The summed E-state index contributed by atoms with van der Waals surface area (Å²) >= 11 is 0. The average Bonchev–Trinajstić information content (AvgIpc) is 2.48. The molecule has 1 aliphatic rings. The summed E-state index contributed by atoms with van der Waals surface area (Å²) in [6.45, 7) is 2.15. The maximum atomic E-state index is 11.7. The lowest BCUT2D eigenvalue weighted by Crippen LogP contribution is -2.49. The predicted molar refractivity (Wildman–Crippen MR) is 74.8 cm³/mol. The molecule has 0 radical (unpaired) electrons. The molecule has 0 unspecified atom stereocenters. The van der Waals surface area contributed by atoms with E-state index in [4.69, 9.17) is 4.74 Å². The zero-order valence-electron chi connectivity index (χ0n) is 11.9. The summed E-state index contributed by atoms with van der Waals surface area (Å²) < 4.78 is 5.03. The topological polar surface area (TPSA) is 84.3 Å². The van der Waals surface area contributed by atoms with Gasteiger partial charge in [0.25, 0.3) is 0 Å². The second-order valence-electron chi connectivity index (χ2n) is 5.29. The standard InChI is InChI=1S/C14H21N3O3/c1-3-10-4-7-14(8-5-10,12(18)19)17-13-15-9-6-11(16-13)20-2/h6,9-10H,3-5,7-8H2,1-2H3,(H,18,19)(H,15,16,17). The number of ether oxygens (including phenoxy) is 1. The molecule has 0 aromatic carbocycles. The van der Waals surface area contributed by atoms with E-state index in [2.05, 4.69) is 22.2 Å². The monoisotopic (exact) mass is 279 g/mol. The van der Waals surface area contributed by atoms with E-state index in [1.807, 2.05) is 0 Å². The van der Waals surface area contributed by atoms with Gasteiger partial charge in [-0.2, -0.15) is 4.98 Å². The van der Waals surface area contributed by atoms with E-state index < -0.39 is 11.5 Å². The first-order valence-corrected chi connectivity index (χ1v) is 6.98. The Bertz CT molecular complexity index is 470. The van der Waals surface area contributed by atoms with E-state index in [1.54, 1.807) is 12.3 Å². The Labute approximate surface area is 118 Å². The minimum atomic E-state index is -0.960. The van der Waals surface area contributed by atoms with Crippen molar-refractivity contribution in [3.8, 4) is 5.88 Å². The van der Waals surface area contributed by atoms with Crippen LogP contribution in [0, 0.1) is 5.92 Å². The maximum absolute atomic E-state index is 11.7. The Hall–Kier alpha value is -1.85. The van der Waals surface area contributed by atoms with Gasteiger partial charge < -0.3 is 15.2 Å². The largest absolute Gasteiger partial charge is 0.481 e. The molecule has 0 amide bonds. The van der Waals surface area contributed by atoms with Crippen LogP contribution in [0.25, 0.3) is 0 Å². The normalized spacial score (nSPS) is 26.0. The Balaban J connectivity index is 2.15. The first kappa shape index (κ1) is 14.6. The predicted octanol–water partition coefficient (Wildman–Crippen LogP) is 2.32. The van der Waals surface area contributed by atoms with Crippen molar-refractivity contribution in [2.45, 2.75) is 44.6 Å². The van der Waals surface area contributed by atoms with Crippen LogP contribution in [0.5, 0.6) is 5.88 Å². The van der Waals surface area contributed by atoms with Crippen molar-refractivity contribution in [2.75, 3.05) is 12.4 Å². The van der Waals surface area contributed by atoms with Crippen LogP contribution < -0.4 is 10.1 Å². The number of nitrogens with zero attached hydrogens (tertiary/aromatic N) is 2. The van der Waals surface area contributed by atoms with E-state index >= 15 is 0 Å². The Morgan fingerprint density at radius 2 is 2.25 bits per heavy atom. The van der Waals surface area contributed by atoms with Gasteiger partial charge in [-0.3, -0.25) is 0 Å². The van der Waals surface area contributed by atoms with E-state index in [1.165, 1.54) is 7.11 Å². The number of carboxylic acid groups (broad SMARTS) is 1. The quantitative estimate of drug-likeness (QED) is 0.860. The highest BCUT2D eigenvalue weighted by Gasteiger charge is 2.42. The number of anilines is 1. The molecule has 6 nitrogen and oxygen atoms in total. The van der Waals surface area contributed by atoms with Gasteiger partial charge in [-0.05, 0) is 31.6 Å². The van der Waals surface area contributed by atoms with Gasteiger partial charge in [0.15, 0.2) is 0 Å². The summed E-state index contributed by atoms with van der Waals surface area (Å²) in [7, 11) is 1.52. The fraction of sp³-hybridized carbons (Fsp3) is 0.643. The molecule has 1 aliphatic carbocycles. The molecule has 0 atom stereocenters. The van der Waals surface area contributed by atoms with Crippen LogP contribution >= 0.6 is 0 Å². The van der Waals surface area contributed by atoms with Crippen molar-refractivity contribution in [2.24, 2.45) is 5.92 Å². The number of hydrogen-bond acceptors (Lipinski definition) is 5. The molecule has 110 valence electrons. The fourth-order valence-electron chi connectivity index (χ4n) is 2.70. The molecule has 0 aliphatic heterocycles. The lowest BCUT2D eigenvalue weighted by molar-refractivity contribution is -0.143. The number of aliphatic carboxylic acids is 1. The Kier molecular flexibility index (Phi) is 4.42. The van der Waals surface area contributed by atoms with Crippen molar-refractivity contribution in [1.82, 2.24) is 9.97 Å². The van der Waals surface area contributed by atoms with Crippen LogP contribution in [0.15, 0.2) is 12.3 Å². The van der Waals surface area contributed by atoms with Crippen molar-refractivity contribution in [1.29, 1.82) is 0 Å². The Morgan fingerprint density at radius 1 is 1.55 bits per heavy atom. The molecular weight excluding hydrogens is 258 g/mol. The van der Waals surface area contributed by atoms with Crippen molar-refractivity contribution >= 4 is 11.9 Å². The number of nitrogens with one attached hydrogen (secondary N) is 1. The van der Waals surface area contributed by atoms with Gasteiger partial charge in [0, 0.05) is 12.3 Å². The number of carbonyl (C=O) groups is 1. The van der Waals surface area contributed by atoms with Crippen molar-refractivity contribution in [3.05, 3.63) is 12.3 Å². The van der Waals surface area contributed by atoms with Gasteiger partial charge in [0.2, 0.25) is 11.8 Å². The molecule has 1 saturated carbocycles. The van der Waals surface area contributed by atoms with E-state index in [0.29, 0.717) is 30.6 Å². The summed E-state index contributed by atoms with van der Waals surface area (Å²) in [6, 6.07) is 1.63. The SMILES string of the molecule is CCC1CCC(Nc2nccc(OC)n2)(C(=O)O)CC1. The van der Waals surface area contributed by atoms with Crippen LogP contribution in [0.2, 0.25) is 0 Å². The van der Waals surface area contributed by atoms with Crippen molar-refractivity contribution in [3.63, 3.8) is 0 Å². The lowest BCUT2D eigenvalue weighted by Gasteiger charge is -2.37. The average molecular weight is 279 g/mol. The highest BCUT2D eigenvalue weighted by atomic mass is 16.5. The number of rotatable bonds is 5. The first-order valence-electron chi connectivity index (χ1n) is 6.98. The molecule has 2 rings (SSSR count). The molecule has 1 heterocycles. The minimum Gasteiger partial charge on any atom is -0.481 e. The highest BCUT2D eigenvalue weighted by molar-refractivity contribution is 5.82. The summed E-state index contributed by atoms with van der Waals surface area (Å²) in [5.41, 5.74) is -0.960. The van der Waals surface area contributed by atoms with Gasteiger partial charge in [-0.15, -0.1) is 0 Å². The van der Waals surface area contributed by atoms with Gasteiger partial charge in [-0.25, -0.2) is 9.78 Å². The van der Waals surface area contributed by atoms with Crippen LogP contribution in [-0.2, 0) is 4.79 Å². The third-order valence-electron chi connectivity index (χ3n) is 4.14. The number of carboxylic acids is 1. The number of hydrogen-bond donors (Lipinski definition) is 2. The zero-order chi connectivity index (χ0) is 14.6. The van der Waals surface area contributed by atoms with Gasteiger partial charge >= 0.3 is 5.97 Å². The van der Waals surface area contributed by atoms with Gasteiger partial charge in [0.05, 0.1) is 7.11 Å². The second kappa shape index (κ2) is 6.07. The zero-order valence-corrected chi connectivity index (χ0v) is 11.9. The molecule has 0 spiro atoms. The molecule has 0 saturated heterocycles. The highest BCUT2D eigenvalue weighted by Crippen LogP contribution is 2.36. The summed E-state index contributed by atoms with van der Waals surface area (Å²) in [6.07, 6.45) is 5.69. The summed E-state index contributed by atoms with van der Waals surface area (Å²) in [4.78, 5) is 19.9. The molecule has 2 N–H and O–H groups in total. The maximum Gasteiger partial charge on any atom is 0.329 e. The van der Waals surface area contributed by atoms with Crippen LogP contribution in [0.3, 0.4) is 0 Å². The molecule has 1 aromatic heterocycles. The molecule has 1 aromatic rings. The van der Waals surface area contributed by atoms with Gasteiger partial charge in [-0.1, -0.05) is 13.3 Å². The third-order valence-corrected chi connectivity index (χ3v) is 4.14. The van der Waals surface area contributed by atoms with Crippen LogP contribution in [0.1, 0.15) is 39.0 Å². The molecular formula is C14H21N3O3. The number of methoxy groups -OCH3 is 1. The molecule has 1 fully saturated rings. The smallest absolute Gasteiger partial charge is 0.329 e. The molecule has 0 bridgehead atoms. The molecule has 6 heteroatoms. The van der Waals surface area contributed by atoms with Crippen LogP contribution in [-0.4, -0.2) is 33.7 Å². The Morgan fingerprint density at radius 3 is 2.80 bits per heavy atom. The summed E-state index contributed by atoms with van der Waals surface area (Å²) in [5, 5.41) is 12.6. The van der Waals surface area contributed by atoms with E-state index in [9.17, 15) is 9.90 Å². The number of aromatic nitrogens is 2. The van der Waals surface area contributed by atoms with E-state index in [0.717, 1.165) is 19.3 Å². The second-order valence-corrected chi connectivity index (χ2v) is 5.29. The fourth-order valence-corrected chi connectivity index (χ4v) is 2.70. The van der Waals surface area contributed by atoms with Crippen molar-refractivity contribution < 1.29 is 14.6 Å². The lowest BCUT2D eigenvalue weighted by atomic mass is 9.75. The third kappa shape index (κ3) is 3.00. The van der Waals surface area contributed by atoms with Crippen LogP contribution in [0.4, 0.5) is 5.95 Å².